The number of halogens is 1. The highest BCUT2D eigenvalue weighted by Crippen LogP contribution is 2.29. The predicted octanol–water partition coefficient (Wildman–Crippen LogP) is 1.84. The Kier molecular flexibility index (Phi) is 4.32. The lowest BCUT2D eigenvalue weighted by Gasteiger charge is -2.38. The molecule has 3 heteroatoms. The van der Waals surface area contributed by atoms with E-state index in [-0.39, 0.29) is 12.6 Å². The molecule has 2 nitrogen and oxygen atoms in total. The normalized spacial score (nSPS) is 32.6. The Hall–Kier alpha value is -0.150. The monoisotopic (exact) mass is 202 g/mol. The van der Waals surface area contributed by atoms with Crippen molar-refractivity contribution in [2.75, 3.05) is 13.1 Å². The third kappa shape index (κ3) is 2.67. The Balaban J connectivity index is 2.58. The first-order valence-corrected chi connectivity index (χ1v) is 5.74. The zero-order valence-corrected chi connectivity index (χ0v) is 9.35. The largest absolute Gasteiger partial charge is 0.327 e. The number of piperidine rings is 1. The topological polar surface area (TPSA) is 38.0 Å². The van der Waals surface area contributed by atoms with Crippen LogP contribution in [-0.2, 0) is 0 Å². The molecule has 1 aliphatic rings. The van der Waals surface area contributed by atoms with Crippen LogP contribution in [-0.4, -0.2) is 24.8 Å². The lowest BCUT2D eigenvalue weighted by molar-refractivity contribution is 0.0745. The van der Waals surface area contributed by atoms with E-state index in [1.807, 2.05) is 6.92 Å². The van der Waals surface area contributed by atoms with Crippen molar-refractivity contribution in [1.29, 1.82) is 0 Å². The summed E-state index contributed by atoms with van der Waals surface area (Å²) in [4.78, 5) is 0. The molecule has 0 radical (unpaired) electrons. The number of rotatable bonds is 4. The van der Waals surface area contributed by atoms with Crippen LogP contribution in [0.5, 0.6) is 0 Å². The molecule has 0 amide bonds. The van der Waals surface area contributed by atoms with E-state index in [2.05, 4.69) is 12.2 Å². The molecule has 1 fully saturated rings. The first-order chi connectivity index (χ1) is 6.62. The van der Waals surface area contributed by atoms with Gasteiger partial charge < -0.3 is 11.1 Å². The summed E-state index contributed by atoms with van der Waals surface area (Å²) in [5, 5.41) is 3.27. The minimum atomic E-state index is -1.19. The van der Waals surface area contributed by atoms with E-state index in [1.54, 1.807) is 0 Å². The van der Waals surface area contributed by atoms with Gasteiger partial charge in [0.2, 0.25) is 0 Å². The highest BCUT2D eigenvalue weighted by Gasteiger charge is 2.38. The summed E-state index contributed by atoms with van der Waals surface area (Å²) in [5.74, 6) is 0.625. The third-order valence-electron chi connectivity index (χ3n) is 3.30. The van der Waals surface area contributed by atoms with Crippen LogP contribution < -0.4 is 11.1 Å². The molecule has 0 aliphatic carbocycles. The van der Waals surface area contributed by atoms with Crippen molar-refractivity contribution in [2.45, 2.75) is 51.2 Å². The predicted molar refractivity (Wildman–Crippen MR) is 58.0 cm³/mol. The zero-order valence-electron chi connectivity index (χ0n) is 9.35. The van der Waals surface area contributed by atoms with Gasteiger partial charge in [0.25, 0.3) is 0 Å². The van der Waals surface area contributed by atoms with Gasteiger partial charge in [-0.2, -0.15) is 0 Å². The molecular weight excluding hydrogens is 179 g/mol. The van der Waals surface area contributed by atoms with Crippen LogP contribution in [0.3, 0.4) is 0 Å². The first kappa shape index (κ1) is 11.9. The maximum absolute atomic E-state index is 14.4. The summed E-state index contributed by atoms with van der Waals surface area (Å²) in [5.41, 5.74) is 4.36. The molecule has 3 N–H and O–H groups in total. The van der Waals surface area contributed by atoms with Crippen LogP contribution in [0.25, 0.3) is 0 Å². The molecule has 0 aromatic heterocycles. The molecule has 1 heterocycles. The maximum atomic E-state index is 14.4. The van der Waals surface area contributed by atoms with Crippen LogP contribution in [0.4, 0.5) is 4.39 Å². The minimum absolute atomic E-state index is 0.0313. The van der Waals surface area contributed by atoms with Crippen LogP contribution in [0.1, 0.15) is 39.5 Å². The minimum Gasteiger partial charge on any atom is -0.327 e. The Labute approximate surface area is 86.4 Å². The second-order valence-electron chi connectivity index (χ2n) is 4.63. The SMILES string of the molecule is CCCC(F)(CN)C1CC(C)CCN1. The third-order valence-corrected chi connectivity index (χ3v) is 3.30. The van der Waals surface area contributed by atoms with E-state index in [0.29, 0.717) is 12.3 Å². The highest BCUT2D eigenvalue weighted by molar-refractivity contribution is 4.95. The van der Waals surface area contributed by atoms with Gasteiger partial charge in [-0.25, -0.2) is 4.39 Å². The number of hydrogen-bond acceptors (Lipinski definition) is 2. The second kappa shape index (κ2) is 5.08. The molecule has 0 aromatic carbocycles. The Bertz CT molecular complexity index is 175. The average molecular weight is 202 g/mol. The summed E-state index contributed by atoms with van der Waals surface area (Å²) in [6, 6.07) is -0.0313. The summed E-state index contributed by atoms with van der Waals surface area (Å²) < 4.78 is 14.4. The summed E-state index contributed by atoms with van der Waals surface area (Å²) in [6.45, 7) is 5.28. The van der Waals surface area contributed by atoms with E-state index in [9.17, 15) is 4.39 Å². The molecule has 0 aromatic rings. The van der Waals surface area contributed by atoms with E-state index in [4.69, 9.17) is 5.73 Å². The zero-order chi connectivity index (χ0) is 10.6. The quantitative estimate of drug-likeness (QED) is 0.730. The van der Waals surface area contributed by atoms with Crippen molar-refractivity contribution in [3.8, 4) is 0 Å². The average Bonchev–Trinajstić information content (AvgIpc) is 2.18. The molecule has 0 saturated carbocycles. The van der Waals surface area contributed by atoms with Crippen LogP contribution in [0.15, 0.2) is 0 Å². The van der Waals surface area contributed by atoms with Gasteiger partial charge in [0.15, 0.2) is 0 Å². The maximum Gasteiger partial charge on any atom is 0.138 e. The highest BCUT2D eigenvalue weighted by atomic mass is 19.1. The van der Waals surface area contributed by atoms with E-state index in [1.165, 1.54) is 0 Å². The molecule has 3 unspecified atom stereocenters. The van der Waals surface area contributed by atoms with Crippen LogP contribution >= 0.6 is 0 Å². The molecule has 0 spiro atoms. The molecule has 1 saturated heterocycles. The van der Waals surface area contributed by atoms with E-state index < -0.39 is 5.67 Å². The Morgan fingerprint density at radius 3 is 2.79 bits per heavy atom. The van der Waals surface area contributed by atoms with Crippen molar-refractivity contribution in [2.24, 2.45) is 11.7 Å². The van der Waals surface area contributed by atoms with Crippen molar-refractivity contribution in [3.63, 3.8) is 0 Å². The number of alkyl halides is 1. The number of nitrogens with two attached hydrogens (primary N) is 1. The molecule has 3 atom stereocenters. The molecule has 0 bridgehead atoms. The lowest BCUT2D eigenvalue weighted by atomic mass is 9.82. The van der Waals surface area contributed by atoms with E-state index >= 15 is 0 Å². The van der Waals surface area contributed by atoms with Crippen molar-refractivity contribution < 1.29 is 4.39 Å². The molecular formula is C11H23FN2. The van der Waals surface area contributed by atoms with Crippen molar-refractivity contribution >= 4 is 0 Å². The summed E-state index contributed by atoms with van der Waals surface area (Å²) in [6.07, 6.45) is 3.52. The van der Waals surface area contributed by atoms with Gasteiger partial charge >= 0.3 is 0 Å². The van der Waals surface area contributed by atoms with Crippen molar-refractivity contribution in [3.05, 3.63) is 0 Å². The molecule has 1 aliphatic heterocycles. The Morgan fingerprint density at radius 2 is 2.29 bits per heavy atom. The van der Waals surface area contributed by atoms with Gasteiger partial charge in [0.1, 0.15) is 5.67 Å². The van der Waals surface area contributed by atoms with Crippen LogP contribution in [0.2, 0.25) is 0 Å². The van der Waals surface area contributed by atoms with Gasteiger partial charge in [-0.3, -0.25) is 0 Å². The standard InChI is InChI=1S/C11H23FN2/c1-3-5-11(12,8-13)10-7-9(2)4-6-14-10/h9-10,14H,3-8,13H2,1-2H3. The fourth-order valence-electron chi connectivity index (χ4n) is 2.34. The van der Waals surface area contributed by atoms with E-state index in [0.717, 1.165) is 25.8 Å². The van der Waals surface area contributed by atoms with Gasteiger partial charge in [-0.1, -0.05) is 20.3 Å². The molecule has 14 heavy (non-hydrogen) atoms. The fraction of sp³-hybridized carbons (Fsp3) is 1.00. The summed E-state index contributed by atoms with van der Waals surface area (Å²) in [7, 11) is 0. The van der Waals surface area contributed by atoms with Crippen LogP contribution in [0, 0.1) is 5.92 Å². The van der Waals surface area contributed by atoms with Crippen molar-refractivity contribution in [1.82, 2.24) is 5.32 Å². The number of hydrogen-bond donors (Lipinski definition) is 2. The fourth-order valence-corrected chi connectivity index (χ4v) is 2.34. The number of nitrogens with one attached hydrogen (secondary N) is 1. The van der Waals surface area contributed by atoms with Gasteiger partial charge in [-0.05, 0) is 31.7 Å². The smallest absolute Gasteiger partial charge is 0.138 e. The Morgan fingerprint density at radius 1 is 1.57 bits per heavy atom. The molecule has 84 valence electrons. The lowest BCUT2D eigenvalue weighted by Crippen LogP contribution is -2.55. The van der Waals surface area contributed by atoms with Gasteiger partial charge in [-0.15, -0.1) is 0 Å². The molecule has 1 rings (SSSR count). The summed E-state index contributed by atoms with van der Waals surface area (Å²) >= 11 is 0. The first-order valence-electron chi connectivity index (χ1n) is 5.74. The van der Waals surface area contributed by atoms with Gasteiger partial charge in [0, 0.05) is 12.6 Å². The second-order valence-corrected chi connectivity index (χ2v) is 4.63. The van der Waals surface area contributed by atoms with Gasteiger partial charge in [0.05, 0.1) is 0 Å².